The number of nitrogens with one attached hydrogen (secondary N) is 1. The van der Waals surface area contributed by atoms with E-state index >= 15 is 0 Å². The lowest BCUT2D eigenvalue weighted by molar-refractivity contribution is 0.694. The molecule has 0 saturated carbocycles. The van der Waals surface area contributed by atoms with E-state index in [9.17, 15) is 0 Å². The molecular formula is C14H14N6S. The second kappa shape index (κ2) is 4.63. The average Bonchev–Trinajstić information content (AvgIpc) is 3.16. The third-order valence-corrected chi connectivity index (χ3v) is 4.44. The summed E-state index contributed by atoms with van der Waals surface area (Å²) in [4.78, 5) is 9.33. The van der Waals surface area contributed by atoms with Crippen LogP contribution in [0, 0.1) is 6.92 Å². The van der Waals surface area contributed by atoms with E-state index in [1.165, 1.54) is 17.1 Å². The number of hydrogen-bond acceptors (Lipinski definition) is 5. The summed E-state index contributed by atoms with van der Waals surface area (Å²) in [5.74, 6) is 1.69. The van der Waals surface area contributed by atoms with Gasteiger partial charge in [-0.25, -0.2) is 9.97 Å². The van der Waals surface area contributed by atoms with Gasteiger partial charge in [0.25, 0.3) is 0 Å². The van der Waals surface area contributed by atoms with Gasteiger partial charge in [-0.15, -0.1) is 0 Å². The van der Waals surface area contributed by atoms with Crippen molar-refractivity contribution >= 4 is 17.1 Å². The number of nitrogens with zero attached hydrogens (tertiary/aromatic N) is 5. The lowest BCUT2D eigenvalue weighted by Crippen LogP contribution is -2.08. The van der Waals surface area contributed by atoms with Crippen LogP contribution < -0.4 is 0 Å². The summed E-state index contributed by atoms with van der Waals surface area (Å²) >= 11 is 1.40. The molecule has 4 rings (SSSR count). The van der Waals surface area contributed by atoms with Crippen molar-refractivity contribution in [2.45, 2.75) is 26.8 Å². The highest BCUT2D eigenvalue weighted by atomic mass is 32.1. The highest BCUT2D eigenvalue weighted by Crippen LogP contribution is 2.35. The molecule has 6 nitrogen and oxygen atoms in total. The number of allylic oxidation sites excluding steroid dienone is 2. The van der Waals surface area contributed by atoms with Crippen molar-refractivity contribution in [1.82, 2.24) is 29.1 Å². The number of aromatic amines is 1. The summed E-state index contributed by atoms with van der Waals surface area (Å²) in [7, 11) is 0. The Hall–Kier alpha value is -2.28. The zero-order chi connectivity index (χ0) is 14.4. The molecule has 0 atom stereocenters. The van der Waals surface area contributed by atoms with E-state index in [0.717, 1.165) is 46.6 Å². The molecule has 0 aromatic carbocycles. The molecule has 1 N–H and O–H groups in total. The standard InChI is InChI=1S/C14H14N6S/c1-8-4-3-5-20-12(8)11(10-6-15-16-7-10)18-13(20)14-17-9(2)19-21-14/h4,6-7H,3,5H2,1-2H3,(H,15,16). The number of H-pyrrole nitrogens is 1. The molecule has 1 aliphatic rings. The second-order valence-electron chi connectivity index (χ2n) is 5.09. The predicted octanol–water partition coefficient (Wildman–Crippen LogP) is 2.91. The Morgan fingerprint density at radius 3 is 2.90 bits per heavy atom. The Bertz CT molecular complexity index is 824. The quantitative estimate of drug-likeness (QED) is 0.789. The van der Waals surface area contributed by atoms with E-state index in [1.54, 1.807) is 6.20 Å². The number of rotatable bonds is 2. The van der Waals surface area contributed by atoms with Crippen molar-refractivity contribution in [3.8, 4) is 22.1 Å². The Kier molecular flexibility index (Phi) is 2.75. The van der Waals surface area contributed by atoms with Crippen molar-refractivity contribution in [1.29, 1.82) is 0 Å². The van der Waals surface area contributed by atoms with Gasteiger partial charge in [-0.1, -0.05) is 6.08 Å². The SMILES string of the molecule is CC1=CCCn2c(-c3nc(C)ns3)nc(-c3cn[nH]c3)c21. The van der Waals surface area contributed by atoms with Crippen LogP contribution in [0.25, 0.3) is 27.7 Å². The van der Waals surface area contributed by atoms with Crippen LogP contribution in [0.3, 0.4) is 0 Å². The zero-order valence-electron chi connectivity index (χ0n) is 11.8. The van der Waals surface area contributed by atoms with Gasteiger partial charge >= 0.3 is 0 Å². The molecule has 0 amide bonds. The van der Waals surface area contributed by atoms with Gasteiger partial charge in [-0.05, 0) is 37.4 Å². The van der Waals surface area contributed by atoms with Crippen LogP contribution in [0.1, 0.15) is 24.9 Å². The lowest BCUT2D eigenvalue weighted by atomic mass is 10.1. The van der Waals surface area contributed by atoms with Crippen molar-refractivity contribution in [2.24, 2.45) is 0 Å². The van der Waals surface area contributed by atoms with Crippen LogP contribution in [0.4, 0.5) is 0 Å². The summed E-state index contributed by atoms with van der Waals surface area (Å²) in [5, 5.41) is 7.77. The van der Waals surface area contributed by atoms with Gasteiger partial charge in [0.05, 0.1) is 17.6 Å². The van der Waals surface area contributed by atoms with Gasteiger partial charge in [0.1, 0.15) is 5.82 Å². The van der Waals surface area contributed by atoms with Gasteiger partial charge in [0, 0.05) is 18.3 Å². The molecule has 3 aromatic heterocycles. The molecule has 0 bridgehead atoms. The molecule has 0 aliphatic carbocycles. The Morgan fingerprint density at radius 2 is 2.19 bits per heavy atom. The minimum atomic E-state index is 0.792. The molecule has 0 saturated heterocycles. The Labute approximate surface area is 125 Å². The normalized spacial score (nSPS) is 14.1. The second-order valence-corrected chi connectivity index (χ2v) is 5.85. The minimum absolute atomic E-state index is 0.792. The third-order valence-electron chi connectivity index (χ3n) is 3.63. The Balaban J connectivity index is 1.98. The van der Waals surface area contributed by atoms with E-state index in [1.807, 2.05) is 13.1 Å². The average molecular weight is 298 g/mol. The van der Waals surface area contributed by atoms with Gasteiger partial charge in [0.15, 0.2) is 10.8 Å². The summed E-state index contributed by atoms with van der Waals surface area (Å²) in [5.41, 5.74) is 4.36. The molecule has 7 heteroatoms. The number of aryl methyl sites for hydroxylation is 1. The maximum Gasteiger partial charge on any atom is 0.179 e. The molecule has 0 spiro atoms. The summed E-state index contributed by atoms with van der Waals surface area (Å²) < 4.78 is 6.52. The molecule has 4 heterocycles. The van der Waals surface area contributed by atoms with Crippen LogP contribution >= 0.6 is 11.5 Å². The van der Waals surface area contributed by atoms with Crippen LogP contribution in [0.15, 0.2) is 18.5 Å². The molecular weight excluding hydrogens is 284 g/mol. The molecule has 0 fully saturated rings. The zero-order valence-corrected chi connectivity index (χ0v) is 12.6. The fourth-order valence-corrected chi connectivity index (χ4v) is 3.38. The Morgan fingerprint density at radius 1 is 1.29 bits per heavy atom. The lowest BCUT2D eigenvalue weighted by Gasteiger charge is -2.15. The fourth-order valence-electron chi connectivity index (χ4n) is 2.71. The van der Waals surface area contributed by atoms with E-state index < -0.39 is 0 Å². The van der Waals surface area contributed by atoms with Gasteiger partial charge in [-0.3, -0.25) is 5.10 Å². The molecule has 106 valence electrons. The van der Waals surface area contributed by atoms with Crippen LogP contribution in [0.5, 0.6) is 0 Å². The topological polar surface area (TPSA) is 72.3 Å². The van der Waals surface area contributed by atoms with Crippen molar-refractivity contribution in [3.63, 3.8) is 0 Å². The number of aromatic nitrogens is 6. The van der Waals surface area contributed by atoms with Crippen molar-refractivity contribution in [2.75, 3.05) is 0 Å². The van der Waals surface area contributed by atoms with E-state index in [-0.39, 0.29) is 0 Å². The van der Waals surface area contributed by atoms with Crippen molar-refractivity contribution < 1.29 is 0 Å². The van der Waals surface area contributed by atoms with E-state index in [4.69, 9.17) is 4.98 Å². The number of imidazole rings is 1. The predicted molar refractivity (Wildman–Crippen MR) is 81.7 cm³/mol. The molecule has 1 aliphatic heterocycles. The first kappa shape index (κ1) is 12.5. The summed E-state index contributed by atoms with van der Waals surface area (Å²) in [6.45, 7) is 4.96. The monoisotopic (exact) mass is 298 g/mol. The van der Waals surface area contributed by atoms with Crippen LogP contribution in [0.2, 0.25) is 0 Å². The smallest absolute Gasteiger partial charge is 0.179 e. The molecule has 21 heavy (non-hydrogen) atoms. The molecule has 3 aromatic rings. The van der Waals surface area contributed by atoms with E-state index in [2.05, 4.69) is 37.1 Å². The highest BCUT2D eigenvalue weighted by molar-refractivity contribution is 7.09. The minimum Gasteiger partial charge on any atom is -0.321 e. The fraction of sp³-hybridized carbons (Fsp3) is 0.286. The van der Waals surface area contributed by atoms with Crippen LogP contribution in [-0.4, -0.2) is 29.1 Å². The number of fused-ring (bicyclic) bond motifs is 1. The first-order chi connectivity index (χ1) is 10.2. The summed E-state index contributed by atoms with van der Waals surface area (Å²) in [6.07, 6.45) is 6.96. The maximum absolute atomic E-state index is 4.84. The first-order valence-corrected chi connectivity index (χ1v) is 7.59. The third kappa shape index (κ3) is 1.92. The van der Waals surface area contributed by atoms with Gasteiger partial charge < -0.3 is 4.57 Å². The summed E-state index contributed by atoms with van der Waals surface area (Å²) in [6, 6.07) is 0. The molecule has 0 radical (unpaired) electrons. The molecule has 0 unspecified atom stereocenters. The maximum atomic E-state index is 4.84. The van der Waals surface area contributed by atoms with Crippen LogP contribution in [-0.2, 0) is 6.54 Å². The first-order valence-electron chi connectivity index (χ1n) is 6.81. The highest BCUT2D eigenvalue weighted by Gasteiger charge is 2.24. The van der Waals surface area contributed by atoms with Gasteiger partial charge in [0.2, 0.25) is 0 Å². The van der Waals surface area contributed by atoms with E-state index in [0.29, 0.717) is 0 Å². The number of hydrogen-bond donors (Lipinski definition) is 1. The van der Waals surface area contributed by atoms with Gasteiger partial charge in [-0.2, -0.15) is 9.47 Å². The van der Waals surface area contributed by atoms with Crippen molar-refractivity contribution in [3.05, 3.63) is 30.0 Å². The largest absolute Gasteiger partial charge is 0.321 e.